The lowest BCUT2D eigenvalue weighted by atomic mass is 10.2. The number of hydrogen-bond acceptors (Lipinski definition) is 7. The second-order valence-corrected chi connectivity index (χ2v) is 3.59. The smallest absolute Gasteiger partial charge is 0.269 e. The maximum Gasteiger partial charge on any atom is 0.269 e. The molecule has 1 atom stereocenters. The van der Waals surface area contributed by atoms with Gasteiger partial charge in [0, 0.05) is 5.38 Å². The Labute approximate surface area is 90.9 Å². The normalized spacial score (nSPS) is 12.9. The molecule has 0 aliphatic heterocycles. The fourth-order valence-corrected chi connectivity index (χ4v) is 1.67. The molecule has 0 bridgehead atoms. The van der Waals surface area contributed by atoms with Crippen molar-refractivity contribution in [1.82, 2.24) is 25.1 Å². The highest BCUT2D eigenvalue weighted by Crippen LogP contribution is 2.20. The Kier molecular flexibility index (Phi) is 3.02. The molecule has 0 spiro atoms. The Balaban J connectivity index is 2.24. The molecular weight excluding hydrogens is 214 g/mol. The Hall–Kier alpha value is -1.34. The van der Waals surface area contributed by atoms with Crippen LogP contribution < -0.4 is 5.32 Å². The molecule has 15 heavy (non-hydrogen) atoms. The molecule has 6 nitrogen and oxygen atoms in total. The minimum absolute atomic E-state index is 0.0952. The highest BCUT2D eigenvalue weighted by molar-refractivity contribution is 7.03. The summed E-state index contributed by atoms with van der Waals surface area (Å²) in [5.41, 5.74) is 0.629. The van der Waals surface area contributed by atoms with Gasteiger partial charge in [0.05, 0.1) is 6.04 Å². The Morgan fingerprint density at radius 3 is 2.93 bits per heavy atom. The highest BCUT2D eigenvalue weighted by Gasteiger charge is 2.16. The van der Waals surface area contributed by atoms with E-state index in [4.69, 9.17) is 4.42 Å². The van der Waals surface area contributed by atoms with Crippen molar-refractivity contribution >= 4 is 11.5 Å². The minimum atomic E-state index is 0.0952. The van der Waals surface area contributed by atoms with Crippen LogP contribution in [0.5, 0.6) is 0 Å². The lowest BCUT2D eigenvalue weighted by Gasteiger charge is -2.06. The van der Waals surface area contributed by atoms with Crippen molar-refractivity contribution in [3.8, 4) is 11.6 Å². The number of hydrogen-bond donors (Lipinski definition) is 1. The molecule has 7 heteroatoms. The number of nitrogens with zero attached hydrogens (tertiary/aromatic N) is 4. The van der Waals surface area contributed by atoms with Gasteiger partial charge in [0.15, 0.2) is 5.69 Å². The van der Waals surface area contributed by atoms with Gasteiger partial charge in [-0.05, 0) is 25.0 Å². The zero-order valence-electron chi connectivity index (χ0n) is 8.47. The summed E-state index contributed by atoms with van der Waals surface area (Å²) in [6.07, 6.45) is 0.896. The van der Waals surface area contributed by atoms with Gasteiger partial charge in [-0.25, -0.2) is 0 Å². The van der Waals surface area contributed by atoms with Crippen LogP contribution >= 0.6 is 11.5 Å². The molecule has 1 N–H and O–H groups in total. The van der Waals surface area contributed by atoms with Crippen molar-refractivity contribution < 1.29 is 4.42 Å². The van der Waals surface area contributed by atoms with Crippen molar-refractivity contribution in [3.05, 3.63) is 11.3 Å². The van der Waals surface area contributed by atoms with Crippen molar-refractivity contribution in [1.29, 1.82) is 0 Å². The van der Waals surface area contributed by atoms with E-state index in [9.17, 15) is 0 Å². The molecule has 0 aliphatic carbocycles. The van der Waals surface area contributed by atoms with Gasteiger partial charge in [0.2, 0.25) is 5.89 Å². The van der Waals surface area contributed by atoms with Crippen LogP contribution in [0.2, 0.25) is 0 Å². The van der Waals surface area contributed by atoms with Crippen LogP contribution in [0.15, 0.2) is 9.80 Å². The molecule has 2 aromatic rings. The van der Waals surface area contributed by atoms with E-state index in [1.54, 1.807) is 5.38 Å². The molecule has 0 amide bonds. The van der Waals surface area contributed by atoms with Gasteiger partial charge in [-0.2, -0.15) is 0 Å². The largest absolute Gasteiger partial charge is 0.417 e. The number of aromatic nitrogens is 4. The van der Waals surface area contributed by atoms with Crippen LogP contribution in [-0.2, 0) is 0 Å². The fourth-order valence-electron chi connectivity index (χ4n) is 1.24. The molecule has 2 rings (SSSR count). The van der Waals surface area contributed by atoms with Crippen LogP contribution in [0.3, 0.4) is 0 Å². The molecule has 0 fully saturated rings. The zero-order valence-corrected chi connectivity index (χ0v) is 9.28. The van der Waals surface area contributed by atoms with Gasteiger partial charge < -0.3 is 9.73 Å². The van der Waals surface area contributed by atoms with E-state index in [0.29, 0.717) is 17.5 Å². The molecule has 0 aliphatic rings. The van der Waals surface area contributed by atoms with Crippen molar-refractivity contribution in [3.63, 3.8) is 0 Å². The molecule has 0 radical (unpaired) electrons. The average molecular weight is 225 g/mol. The van der Waals surface area contributed by atoms with Gasteiger partial charge in [-0.15, -0.1) is 15.3 Å². The summed E-state index contributed by atoms with van der Waals surface area (Å²) in [4.78, 5) is 0. The van der Waals surface area contributed by atoms with Crippen molar-refractivity contribution in [2.75, 3.05) is 7.05 Å². The SMILES string of the molecule is CCC(NC)c1nnc(-c2csnn2)o1. The first kappa shape index (κ1) is 10.2. The Morgan fingerprint density at radius 1 is 1.47 bits per heavy atom. The zero-order chi connectivity index (χ0) is 10.7. The summed E-state index contributed by atoms with van der Waals surface area (Å²) in [5.74, 6) is 1.01. The van der Waals surface area contributed by atoms with Gasteiger partial charge >= 0.3 is 0 Å². The van der Waals surface area contributed by atoms with Gasteiger partial charge in [0.1, 0.15) is 0 Å². The van der Waals surface area contributed by atoms with E-state index in [-0.39, 0.29) is 6.04 Å². The monoisotopic (exact) mass is 225 g/mol. The summed E-state index contributed by atoms with van der Waals surface area (Å²) >= 11 is 1.26. The summed E-state index contributed by atoms with van der Waals surface area (Å²) in [5, 5.41) is 16.6. The standard InChI is InChI=1S/C8H11N5OS/c1-3-5(9-2)7-11-12-8(14-7)6-4-15-13-10-6/h4-5,9H,3H2,1-2H3. The molecule has 2 heterocycles. The van der Waals surface area contributed by atoms with Crippen molar-refractivity contribution in [2.24, 2.45) is 0 Å². The number of rotatable bonds is 4. The van der Waals surface area contributed by atoms with E-state index >= 15 is 0 Å². The minimum Gasteiger partial charge on any atom is -0.417 e. The highest BCUT2D eigenvalue weighted by atomic mass is 32.1. The molecule has 80 valence electrons. The quantitative estimate of drug-likeness (QED) is 0.844. The maximum atomic E-state index is 5.49. The molecule has 1 unspecified atom stereocenters. The lowest BCUT2D eigenvalue weighted by molar-refractivity contribution is 0.414. The first-order chi connectivity index (χ1) is 7.35. The first-order valence-corrected chi connectivity index (χ1v) is 5.47. The predicted octanol–water partition coefficient (Wildman–Crippen LogP) is 1.26. The van der Waals surface area contributed by atoms with Gasteiger partial charge in [-0.1, -0.05) is 11.4 Å². The second-order valence-electron chi connectivity index (χ2n) is 2.99. The summed E-state index contributed by atoms with van der Waals surface area (Å²) in [6.45, 7) is 2.05. The van der Waals surface area contributed by atoms with Crippen LogP contribution in [0.25, 0.3) is 11.6 Å². The van der Waals surface area contributed by atoms with E-state index in [2.05, 4.69) is 32.0 Å². The Morgan fingerprint density at radius 2 is 2.33 bits per heavy atom. The van der Waals surface area contributed by atoms with E-state index < -0.39 is 0 Å². The first-order valence-electron chi connectivity index (χ1n) is 4.63. The topological polar surface area (TPSA) is 76.7 Å². The Bertz CT molecular complexity index is 408. The molecule has 0 saturated heterocycles. The van der Waals surface area contributed by atoms with E-state index in [0.717, 1.165) is 6.42 Å². The maximum absolute atomic E-state index is 5.49. The third-order valence-corrected chi connectivity index (χ3v) is 2.58. The number of nitrogens with one attached hydrogen (secondary N) is 1. The van der Waals surface area contributed by atoms with Crippen LogP contribution in [0.1, 0.15) is 25.3 Å². The third kappa shape index (κ3) is 2.02. The van der Waals surface area contributed by atoms with Gasteiger partial charge in [0.25, 0.3) is 5.89 Å². The summed E-state index contributed by atoms with van der Waals surface area (Å²) in [6, 6.07) is 0.0952. The average Bonchev–Trinajstić information content (AvgIpc) is 2.89. The summed E-state index contributed by atoms with van der Waals surface area (Å²) < 4.78 is 9.23. The molecule has 2 aromatic heterocycles. The van der Waals surface area contributed by atoms with Gasteiger partial charge in [-0.3, -0.25) is 0 Å². The molecular formula is C8H11N5OS. The van der Waals surface area contributed by atoms with Crippen LogP contribution in [0, 0.1) is 0 Å². The summed E-state index contributed by atoms with van der Waals surface area (Å²) in [7, 11) is 1.86. The van der Waals surface area contributed by atoms with Crippen molar-refractivity contribution in [2.45, 2.75) is 19.4 Å². The van der Waals surface area contributed by atoms with E-state index in [1.807, 2.05) is 7.05 Å². The lowest BCUT2D eigenvalue weighted by Crippen LogP contribution is -2.15. The second kappa shape index (κ2) is 4.45. The molecule has 0 aromatic carbocycles. The van der Waals surface area contributed by atoms with Crippen LogP contribution in [-0.4, -0.2) is 26.8 Å². The van der Waals surface area contributed by atoms with Crippen LogP contribution in [0.4, 0.5) is 0 Å². The predicted molar refractivity (Wildman–Crippen MR) is 55.3 cm³/mol. The fraction of sp³-hybridized carbons (Fsp3) is 0.500. The third-order valence-electron chi connectivity index (χ3n) is 2.07. The van der Waals surface area contributed by atoms with E-state index in [1.165, 1.54) is 11.5 Å². The molecule has 0 saturated carbocycles.